The van der Waals surface area contributed by atoms with Gasteiger partial charge in [-0.2, -0.15) is 0 Å². The molecule has 40 heavy (non-hydrogen) atoms. The van der Waals surface area contributed by atoms with Gasteiger partial charge in [-0.05, 0) is 55.4 Å². The molecule has 1 atom stereocenters. The number of carboxylic acid groups (broad SMARTS) is 2. The average molecular weight is 556 g/mol. The van der Waals surface area contributed by atoms with Crippen molar-refractivity contribution >= 4 is 29.7 Å². The Morgan fingerprint density at radius 3 is 2.08 bits per heavy atom. The van der Waals surface area contributed by atoms with Crippen molar-refractivity contribution in [2.75, 3.05) is 19.6 Å². The first-order valence-electron chi connectivity index (χ1n) is 13.0. The van der Waals surface area contributed by atoms with Crippen molar-refractivity contribution in [3.05, 3.63) is 65.7 Å². The topological polar surface area (TPSA) is 197 Å². The van der Waals surface area contributed by atoms with E-state index < -0.39 is 37.0 Å². The number of carbonyl (C=O) groups is 4. The Kier molecular flexibility index (Phi) is 12.9. The van der Waals surface area contributed by atoms with Crippen LogP contribution >= 0.6 is 0 Å². The maximum atomic E-state index is 13.6. The van der Waals surface area contributed by atoms with Gasteiger partial charge in [0.15, 0.2) is 5.96 Å². The number of hydrogen-bond acceptors (Lipinski definition) is 6. The van der Waals surface area contributed by atoms with E-state index in [1.807, 2.05) is 30.3 Å². The number of hydrogen-bond donors (Lipinski definition) is 6. The second-order valence-electron chi connectivity index (χ2n) is 9.36. The van der Waals surface area contributed by atoms with E-state index in [0.29, 0.717) is 16.9 Å². The van der Waals surface area contributed by atoms with E-state index in [9.17, 15) is 34.5 Å². The number of phenols is 1. The second kappa shape index (κ2) is 16.4. The van der Waals surface area contributed by atoms with Gasteiger partial charge in [0.1, 0.15) is 24.9 Å². The Balaban J connectivity index is 2.31. The van der Waals surface area contributed by atoms with Gasteiger partial charge in [0.2, 0.25) is 11.8 Å². The highest BCUT2D eigenvalue weighted by atomic mass is 16.4. The van der Waals surface area contributed by atoms with E-state index in [-0.39, 0.29) is 50.0 Å². The van der Waals surface area contributed by atoms with E-state index in [1.165, 1.54) is 17.0 Å². The lowest BCUT2D eigenvalue weighted by molar-refractivity contribution is -0.154. The Labute approximate surface area is 232 Å². The molecule has 0 radical (unpaired) electrons. The lowest BCUT2D eigenvalue weighted by atomic mass is 10.0. The zero-order chi connectivity index (χ0) is 29.5. The number of nitrogens with one attached hydrogen (secondary N) is 2. The van der Waals surface area contributed by atoms with Gasteiger partial charge < -0.3 is 36.2 Å². The van der Waals surface area contributed by atoms with Crippen molar-refractivity contribution in [2.24, 2.45) is 5.73 Å². The molecule has 0 spiro atoms. The summed E-state index contributed by atoms with van der Waals surface area (Å²) in [5.41, 5.74) is 7.10. The predicted octanol–water partition coefficient (Wildman–Crippen LogP) is 1.76. The molecule has 2 aromatic rings. The van der Waals surface area contributed by atoms with Gasteiger partial charge in [-0.15, -0.1) is 0 Å². The molecule has 12 heteroatoms. The van der Waals surface area contributed by atoms with Crippen molar-refractivity contribution in [1.29, 1.82) is 5.41 Å². The van der Waals surface area contributed by atoms with Crippen LogP contribution in [0.3, 0.4) is 0 Å². The van der Waals surface area contributed by atoms with Crippen LogP contribution in [0.25, 0.3) is 0 Å². The summed E-state index contributed by atoms with van der Waals surface area (Å²) in [5.74, 6) is -4.15. The summed E-state index contributed by atoms with van der Waals surface area (Å²) >= 11 is 0. The molecular formula is C28H37N5O7. The van der Waals surface area contributed by atoms with Crippen LogP contribution in [0.1, 0.15) is 43.2 Å². The monoisotopic (exact) mass is 555 g/mol. The van der Waals surface area contributed by atoms with Crippen LogP contribution in [-0.2, 0) is 32.1 Å². The summed E-state index contributed by atoms with van der Waals surface area (Å²) < 4.78 is 0. The number of benzene rings is 2. The van der Waals surface area contributed by atoms with Gasteiger partial charge in [-0.1, -0.05) is 42.5 Å². The maximum Gasteiger partial charge on any atom is 0.323 e. The molecule has 0 aliphatic heterocycles. The predicted molar refractivity (Wildman–Crippen MR) is 147 cm³/mol. The number of nitrogens with zero attached hydrogens (tertiary/aromatic N) is 2. The van der Waals surface area contributed by atoms with Gasteiger partial charge in [-0.3, -0.25) is 24.6 Å². The molecular weight excluding hydrogens is 518 g/mol. The van der Waals surface area contributed by atoms with Gasteiger partial charge in [-0.25, -0.2) is 0 Å². The first kappa shape index (κ1) is 31.6. The zero-order valence-corrected chi connectivity index (χ0v) is 22.3. The normalized spacial score (nSPS) is 11.3. The van der Waals surface area contributed by atoms with Crippen molar-refractivity contribution in [3.63, 3.8) is 0 Å². The Morgan fingerprint density at radius 1 is 0.875 bits per heavy atom. The number of rotatable bonds is 17. The Morgan fingerprint density at radius 2 is 1.50 bits per heavy atom. The molecule has 0 heterocycles. The van der Waals surface area contributed by atoms with E-state index >= 15 is 0 Å². The number of carboxylic acids is 2. The van der Waals surface area contributed by atoms with E-state index in [2.05, 4.69) is 5.32 Å². The highest BCUT2D eigenvalue weighted by Crippen LogP contribution is 2.20. The lowest BCUT2D eigenvalue weighted by Crippen LogP contribution is -2.53. The molecule has 0 saturated heterocycles. The largest absolute Gasteiger partial charge is 0.508 e. The SMILES string of the molecule is N=C(N)NCCC[C@H](C(=O)N(CC(=O)O)CC(=O)O)N(Cc1ccc(O)cc1)C(=O)CCCCc1ccccc1. The summed E-state index contributed by atoms with van der Waals surface area (Å²) in [6.07, 6.45) is 2.53. The Bertz CT molecular complexity index is 1130. The summed E-state index contributed by atoms with van der Waals surface area (Å²) in [6, 6.07) is 14.8. The van der Waals surface area contributed by atoms with Gasteiger partial charge >= 0.3 is 11.9 Å². The first-order valence-corrected chi connectivity index (χ1v) is 13.0. The van der Waals surface area contributed by atoms with Crippen LogP contribution in [0.4, 0.5) is 0 Å². The number of amides is 2. The van der Waals surface area contributed by atoms with Gasteiger partial charge in [0.05, 0.1) is 0 Å². The number of unbranched alkanes of at least 4 members (excludes halogenated alkanes) is 1. The van der Waals surface area contributed by atoms with Crippen LogP contribution in [-0.4, -0.2) is 80.5 Å². The number of guanidine groups is 1. The summed E-state index contributed by atoms with van der Waals surface area (Å²) in [7, 11) is 0. The van der Waals surface area contributed by atoms with E-state index in [0.717, 1.165) is 18.4 Å². The maximum absolute atomic E-state index is 13.6. The zero-order valence-electron chi connectivity index (χ0n) is 22.3. The van der Waals surface area contributed by atoms with Crippen LogP contribution in [0.2, 0.25) is 0 Å². The minimum atomic E-state index is -1.39. The molecule has 12 nitrogen and oxygen atoms in total. The fourth-order valence-corrected chi connectivity index (χ4v) is 4.24. The number of aromatic hydroxyl groups is 1. The standard InChI is InChI=1S/C28H37N5O7/c29-28(30)31-16-6-10-23(27(40)32(18-25(36)37)19-26(38)39)33(17-21-12-14-22(34)15-13-21)24(35)11-5-4-9-20-7-2-1-3-8-20/h1-3,7-8,12-15,23,34H,4-6,9-11,16-19H2,(H,36,37)(H,38,39)(H4,29,30,31)/t23-/m1/s1. The number of aryl methyl sites for hydroxylation is 1. The molecule has 0 saturated carbocycles. The van der Waals surface area contributed by atoms with Crippen LogP contribution < -0.4 is 11.1 Å². The molecule has 0 unspecified atom stereocenters. The third-order valence-electron chi connectivity index (χ3n) is 6.15. The molecule has 2 aromatic carbocycles. The summed E-state index contributed by atoms with van der Waals surface area (Å²) in [6.45, 7) is -1.48. The molecule has 0 bridgehead atoms. The summed E-state index contributed by atoms with van der Waals surface area (Å²) in [5, 5.41) is 38.3. The van der Waals surface area contributed by atoms with Crippen molar-refractivity contribution in [1.82, 2.24) is 15.1 Å². The highest BCUT2D eigenvalue weighted by molar-refractivity contribution is 5.91. The van der Waals surface area contributed by atoms with E-state index in [1.54, 1.807) is 12.1 Å². The number of aliphatic carboxylic acids is 2. The fraction of sp³-hybridized carbons (Fsp3) is 0.393. The molecule has 216 valence electrons. The average Bonchev–Trinajstić information content (AvgIpc) is 2.90. The van der Waals surface area contributed by atoms with Crippen LogP contribution in [0.15, 0.2) is 54.6 Å². The smallest absolute Gasteiger partial charge is 0.323 e. The minimum Gasteiger partial charge on any atom is -0.508 e. The number of carbonyl (C=O) groups excluding carboxylic acids is 2. The third kappa shape index (κ3) is 11.4. The van der Waals surface area contributed by atoms with Crippen molar-refractivity contribution in [3.8, 4) is 5.75 Å². The lowest BCUT2D eigenvalue weighted by Gasteiger charge is -2.34. The van der Waals surface area contributed by atoms with Crippen molar-refractivity contribution < 1.29 is 34.5 Å². The fourth-order valence-electron chi connectivity index (χ4n) is 4.24. The molecule has 7 N–H and O–H groups in total. The third-order valence-corrected chi connectivity index (χ3v) is 6.15. The van der Waals surface area contributed by atoms with Crippen LogP contribution in [0.5, 0.6) is 5.75 Å². The minimum absolute atomic E-state index is 0.0116. The molecule has 0 aliphatic carbocycles. The summed E-state index contributed by atoms with van der Waals surface area (Å²) in [4.78, 5) is 52.1. The van der Waals surface area contributed by atoms with Crippen LogP contribution in [0, 0.1) is 5.41 Å². The highest BCUT2D eigenvalue weighted by Gasteiger charge is 2.34. The molecule has 0 aromatic heterocycles. The van der Waals surface area contributed by atoms with Crippen molar-refractivity contribution in [2.45, 2.75) is 51.1 Å². The molecule has 2 amide bonds. The molecule has 2 rings (SSSR count). The number of phenolic OH excluding ortho intramolecular Hbond substituents is 1. The number of nitrogens with two attached hydrogens (primary N) is 1. The molecule has 0 aliphatic rings. The van der Waals surface area contributed by atoms with Gasteiger partial charge in [0, 0.05) is 19.5 Å². The van der Waals surface area contributed by atoms with E-state index in [4.69, 9.17) is 11.1 Å². The quantitative estimate of drug-likeness (QED) is 0.0957. The second-order valence-corrected chi connectivity index (χ2v) is 9.36. The van der Waals surface area contributed by atoms with Gasteiger partial charge in [0.25, 0.3) is 0 Å². The Hall–Kier alpha value is -4.61. The first-order chi connectivity index (χ1) is 19.1. The molecule has 0 fully saturated rings.